The first-order valence-electron chi connectivity index (χ1n) is 4.76. The molecule has 0 saturated heterocycles. The summed E-state index contributed by atoms with van der Waals surface area (Å²) in [6.07, 6.45) is 1.15. The molecule has 0 unspecified atom stereocenters. The zero-order valence-corrected chi connectivity index (χ0v) is 9.35. The second-order valence-electron chi connectivity index (χ2n) is 3.04. The minimum atomic E-state index is -3.03. The van der Waals surface area contributed by atoms with Crippen LogP contribution in [0.5, 0.6) is 11.5 Å². The summed E-state index contributed by atoms with van der Waals surface area (Å²) in [7, 11) is 1.30. The van der Waals surface area contributed by atoms with Crippen molar-refractivity contribution >= 4 is 6.08 Å². The molecule has 0 atom stereocenters. The van der Waals surface area contributed by atoms with Gasteiger partial charge in [0.25, 0.3) is 0 Å². The van der Waals surface area contributed by atoms with Crippen LogP contribution >= 0.6 is 0 Å². The van der Waals surface area contributed by atoms with Gasteiger partial charge >= 0.3 is 6.61 Å². The maximum absolute atomic E-state index is 12.3. The van der Waals surface area contributed by atoms with Crippen molar-refractivity contribution in [2.75, 3.05) is 7.11 Å². The number of methoxy groups -OCH3 is 1. The van der Waals surface area contributed by atoms with Crippen molar-refractivity contribution in [3.05, 3.63) is 29.3 Å². The molecule has 1 aromatic rings. The van der Waals surface area contributed by atoms with E-state index in [0.717, 1.165) is 6.08 Å². The highest BCUT2D eigenvalue weighted by molar-refractivity contribution is 5.68. The van der Waals surface area contributed by atoms with Crippen molar-refractivity contribution in [3.8, 4) is 23.6 Å². The summed E-state index contributed by atoms with van der Waals surface area (Å²) in [6, 6.07) is 7.68. The van der Waals surface area contributed by atoms with E-state index >= 15 is 0 Å². The molecular formula is C12H8F2N2O2. The summed E-state index contributed by atoms with van der Waals surface area (Å²) in [5.74, 6) is -0.114. The number of nitrogens with zero attached hydrogens (tertiary/aromatic N) is 2. The minimum absolute atomic E-state index is 0.0966. The first kappa shape index (κ1) is 13.5. The van der Waals surface area contributed by atoms with Gasteiger partial charge in [-0.1, -0.05) is 12.1 Å². The number of allylic oxidation sites excluding steroid dienone is 1. The topological polar surface area (TPSA) is 66.0 Å². The summed E-state index contributed by atoms with van der Waals surface area (Å²) >= 11 is 0. The van der Waals surface area contributed by atoms with E-state index in [9.17, 15) is 8.78 Å². The lowest BCUT2D eigenvalue weighted by Crippen LogP contribution is -2.05. The fraction of sp³-hybridized carbons (Fsp3) is 0.167. The van der Waals surface area contributed by atoms with Gasteiger partial charge in [0.1, 0.15) is 17.7 Å². The first-order valence-corrected chi connectivity index (χ1v) is 4.76. The highest BCUT2D eigenvalue weighted by Crippen LogP contribution is 2.33. The standard InChI is InChI=1S/C12H8F2N2O2/c1-17-10-4-2-3-9(5-8(6-15)7-16)11(10)18-12(13)14/h2-5,12H,1H3. The normalized spacial score (nSPS) is 9.22. The van der Waals surface area contributed by atoms with Crippen LogP contribution in [0.25, 0.3) is 6.08 Å². The Morgan fingerprint density at radius 1 is 1.33 bits per heavy atom. The van der Waals surface area contributed by atoms with Gasteiger partial charge in [0, 0.05) is 5.56 Å². The van der Waals surface area contributed by atoms with Crippen LogP contribution in [-0.2, 0) is 0 Å². The largest absolute Gasteiger partial charge is 0.493 e. The molecule has 18 heavy (non-hydrogen) atoms. The van der Waals surface area contributed by atoms with Crippen LogP contribution in [0, 0.1) is 22.7 Å². The molecular weight excluding hydrogens is 242 g/mol. The Morgan fingerprint density at radius 2 is 2.00 bits per heavy atom. The summed E-state index contributed by atoms with van der Waals surface area (Å²) in [4.78, 5) is 0. The highest BCUT2D eigenvalue weighted by atomic mass is 19.3. The fourth-order valence-electron chi connectivity index (χ4n) is 1.27. The lowest BCUT2D eigenvalue weighted by molar-refractivity contribution is -0.0513. The Hall–Kier alpha value is -2.60. The van der Waals surface area contributed by atoms with Crippen molar-refractivity contribution in [1.29, 1.82) is 10.5 Å². The third kappa shape index (κ3) is 3.19. The minimum Gasteiger partial charge on any atom is -0.493 e. The van der Waals surface area contributed by atoms with E-state index in [1.165, 1.54) is 25.3 Å². The molecule has 0 aliphatic rings. The van der Waals surface area contributed by atoms with Crippen LogP contribution in [-0.4, -0.2) is 13.7 Å². The maximum atomic E-state index is 12.3. The molecule has 1 rings (SSSR count). The number of rotatable bonds is 4. The third-order valence-corrected chi connectivity index (χ3v) is 1.98. The van der Waals surface area contributed by atoms with Crippen molar-refractivity contribution in [3.63, 3.8) is 0 Å². The Labute approximate surface area is 102 Å². The summed E-state index contributed by atoms with van der Waals surface area (Å²) < 4.78 is 33.8. The molecule has 0 bridgehead atoms. The van der Waals surface area contributed by atoms with E-state index < -0.39 is 6.61 Å². The lowest BCUT2D eigenvalue weighted by atomic mass is 10.1. The predicted molar refractivity (Wildman–Crippen MR) is 58.8 cm³/mol. The van der Waals surface area contributed by atoms with E-state index in [4.69, 9.17) is 15.3 Å². The van der Waals surface area contributed by atoms with Crippen LogP contribution in [0.2, 0.25) is 0 Å². The molecule has 0 spiro atoms. The van der Waals surface area contributed by atoms with Crippen molar-refractivity contribution in [2.45, 2.75) is 6.61 Å². The molecule has 0 N–H and O–H groups in total. The number of hydrogen-bond donors (Lipinski definition) is 0. The number of hydrogen-bond acceptors (Lipinski definition) is 4. The van der Waals surface area contributed by atoms with E-state index in [0.29, 0.717) is 0 Å². The van der Waals surface area contributed by atoms with Gasteiger partial charge in [-0.05, 0) is 12.1 Å². The average Bonchev–Trinajstić information content (AvgIpc) is 2.36. The van der Waals surface area contributed by atoms with Gasteiger partial charge in [0.15, 0.2) is 11.5 Å². The van der Waals surface area contributed by atoms with Crippen LogP contribution in [0.1, 0.15) is 5.56 Å². The molecule has 0 fully saturated rings. The third-order valence-electron chi connectivity index (χ3n) is 1.98. The average molecular weight is 250 g/mol. The van der Waals surface area contributed by atoms with Crippen LogP contribution in [0.4, 0.5) is 8.78 Å². The van der Waals surface area contributed by atoms with Crippen molar-refractivity contribution in [1.82, 2.24) is 0 Å². The number of benzene rings is 1. The zero-order valence-electron chi connectivity index (χ0n) is 9.35. The molecule has 6 heteroatoms. The Morgan fingerprint density at radius 3 is 2.50 bits per heavy atom. The zero-order chi connectivity index (χ0) is 13.5. The van der Waals surface area contributed by atoms with Gasteiger partial charge in [-0.2, -0.15) is 19.3 Å². The second kappa shape index (κ2) is 6.21. The molecule has 0 aliphatic heterocycles. The molecule has 1 aromatic carbocycles. The quantitative estimate of drug-likeness (QED) is 0.770. The number of nitriles is 2. The number of ether oxygens (including phenoxy) is 2. The molecule has 92 valence electrons. The molecule has 0 amide bonds. The van der Waals surface area contributed by atoms with Crippen molar-refractivity contribution < 1.29 is 18.3 Å². The summed E-state index contributed by atoms with van der Waals surface area (Å²) in [6.45, 7) is -3.03. The molecule has 0 radical (unpaired) electrons. The highest BCUT2D eigenvalue weighted by Gasteiger charge is 2.14. The number of alkyl halides is 2. The maximum Gasteiger partial charge on any atom is 0.387 e. The smallest absolute Gasteiger partial charge is 0.387 e. The monoisotopic (exact) mass is 250 g/mol. The molecule has 0 aromatic heterocycles. The molecule has 0 aliphatic carbocycles. The first-order chi connectivity index (χ1) is 8.62. The fourth-order valence-corrected chi connectivity index (χ4v) is 1.27. The SMILES string of the molecule is COc1cccc(C=C(C#N)C#N)c1OC(F)F. The summed E-state index contributed by atoms with van der Waals surface area (Å²) in [5.41, 5.74) is -0.0462. The van der Waals surface area contributed by atoms with Gasteiger partial charge in [-0.3, -0.25) is 0 Å². The van der Waals surface area contributed by atoms with Gasteiger partial charge < -0.3 is 9.47 Å². The van der Waals surface area contributed by atoms with Crippen LogP contribution in [0.3, 0.4) is 0 Å². The second-order valence-corrected chi connectivity index (χ2v) is 3.04. The lowest BCUT2D eigenvalue weighted by Gasteiger charge is -2.12. The van der Waals surface area contributed by atoms with E-state index in [-0.39, 0.29) is 22.6 Å². The Bertz CT molecular complexity index is 526. The Balaban J connectivity index is 3.32. The van der Waals surface area contributed by atoms with Crippen molar-refractivity contribution in [2.24, 2.45) is 0 Å². The summed E-state index contributed by atoms with van der Waals surface area (Å²) in [5, 5.41) is 17.3. The molecule has 0 heterocycles. The predicted octanol–water partition coefficient (Wildman–Crippen LogP) is 2.73. The molecule has 0 saturated carbocycles. The Kier molecular flexibility index (Phi) is 4.65. The van der Waals surface area contributed by atoms with E-state index in [1.54, 1.807) is 12.1 Å². The van der Waals surface area contributed by atoms with Gasteiger partial charge in [-0.25, -0.2) is 0 Å². The van der Waals surface area contributed by atoms with Gasteiger partial charge in [0.05, 0.1) is 7.11 Å². The van der Waals surface area contributed by atoms with Gasteiger partial charge in [-0.15, -0.1) is 0 Å². The number of para-hydroxylation sites is 1. The molecule has 4 nitrogen and oxygen atoms in total. The van der Waals surface area contributed by atoms with E-state index in [2.05, 4.69) is 4.74 Å². The van der Waals surface area contributed by atoms with Crippen LogP contribution < -0.4 is 9.47 Å². The van der Waals surface area contributed by atoms with Gasteiger partial charge in [0.2, 0.25) is 0 Å². The van der Waals surface area contributed by atoms with E-state index in [1.807, 2.05) is 0 Å². The number of halogens is 2. The van der Waals surface area contributed by atoms with Crippen LogP contribution in [0.15, 0.2) is 23.8 Å².